The van der Waals surface area contributed by atoms with Crippen molar-refractivity contribution in [2.24, 2.45) is 5.73 Å². The summed E-state index contributed by atoms with van der Waals surface area (Å²) in [5, 5.41) is 0.382. The van der Waals surface area contributed by atoms with E-state index in [1.165, 1.54) is 7.11 Å². The molecule has 92 valence electrons. The molecule has 0 aliphatic carbocycles. The Morgan fingerprint density at radius 2 is 2.18 bits per heavy atom. The van der Waals surface area contributed by atoms with Crippen LogP contribution in [0, 0.1) is 0 Å². The van der Waals surface area contributed by atoms with Gasteiger partial charge in [-0.25, -0.2) is 4.79 Å². The Hall–Kier alpha value is -1.33. The van der Waals surface area contributed by atoms with E-state index >= 15 is 0 Å². The Morgan fingerprint density at radius 3 is 2.71 bits per heavy atom. The molecule has 0 spiro atoms. The third-order valence-electron chi connectivity index (χ3n) is 2.06. The minimum atomic E-state index is -0.758. The topological polar surface area (TPSA) is 61.5 Å². The summed E-state index contributed by atoms with van der Waals surface area (Å²) in [6, 6.07) is 4.97. The molecule has 0 aromatic heterocycles. The van der Waals surface area contributed by atoms with Crippen molar-refractivity contribution in [2.45, 2.75) is 13.0 Å². The van der Waals surface area contributed by atoms with Gasteiger partial charge in [-0.2, -0.15) is 0 Å². The molecule has 0 saturated heterocycles. The fourth-order valence-corrected chi connectivity index (χ4v) is 1.78. The summed E-state index contributed by atoms with van der Waals surface area (Å²) in [7, 11) is 1.29. The first kappa shape index (κ1) is 13.7. The van der Waals surface area contributed by atoms with E-state index in [0.29, 0.717) is 16.3 Å². The van der Waals surface area contributed by atoms with Crippen LogP contribution in [0.2, 0.25) is 5.02 Å². The number of hydrogen-bond donors (Lipinski definition) is 1. The van der Waals surface area contributed by atoms with Crippen LogP contribution in [0.4, 0.5) is 0 Å². The van der Waals surface area contributed by atoms with Gasteiger partial charge in [0.05, 0.1) is 17.7 Å². The molecule has 0 aliphatic heterocycles. The lowest BCUT2D eigenvalue weighted by Gasteiger charge is -2.15. The fourth-order valence-electron chi connectivity index (χ4n) is 1.25. The van der Waals surface area contributed by atoms with E-state index in [9.17, 15) is 4.79 Å². The van der Waals surface area contributed by atoms with Crippen molar-refractivity contribution in [2.75, 3.05) is 7.11 Å². The molecule has 0 fully saturated rings. The number of nitrogens with two attached hydrogens (primary N) is 1. The van der Waals surface area contributed by atoms with Crippen molar-refractivity contribution in [1.29, 1.82) is 0 Å². The standard InChI is InChI=1S/C11H12ClNO3S/c1-6(11(14)15-2)16-8-5-3-4-7(12)9(8)10(13)17/h3-6H,1-2H3,(H2,13,17). The van der Waals surface area contributed by atoms with Gasteiger partial charge in [0.15, 0.2) is 6.10 Å². The first-order chi connectivity index (χ1) is 7.97. The third-order valence-corrected chi connectivity index (χ3v) is 2.58. The van der Waals surface area contributed by atoms with Crippen LogP contribution in [0.5, 0.6) is 5.75 Å². The van der Waals surface area contributed by atoms with Gasteiger partial charge in [-0.15, -0.1) is 0 Å². The Balaban J connectivity index is 3.02. The van der Waals surface area contributed by atoms with Gasteiger partial charge in [-0.3, -0.25) is 0 Å². The molecule has 0 amide bonds. The highest BCUT2D eigenvalue weighted by Crippen LogP contribution is 2.27. The summed E-state index contributed by atoms with van der Waals surface area (Å²) in [6.45, 7) is 1.57. The molecule has 0 heterocycles. The summed E-state index contributed by atoms with van der Waals surface area (Å²) >= 11 is 10.8. The van der Waals surface area contributed by atoms with Gasteiger partial charge >= 0.3 is 5.97 Å². The monoisotopic (exact) mass is 273 g/mol. The molecule has 0 bridgehead atoms. The smallest absolute Gasteiger partial charge is 0.346 e. The number of carbonyl (C=O) groups is 1. The van der Waals surface area contributed by atoms with Gasteiger partial charge < -0.3 is 15.2 Å². The van der Waals surface area contributed by atoms with E-state index in [-0.39, 0.29) is 4.99 Å². The number of thiocarbonyl (C=S) groups is 1. The van der Waals surface area contributed by atoms with Gasteiger partial charge in [-0.05, 0) is 19.1 Å². The minimum absolute atomic E-state index is 0.114. The highest BCUT2D eigenvalue weighted by atomic mass is 35.5. The van der Waals surface area contributed by atoms with Gasteiger partial charge in [0.1, 0.15) is 10.7 Å². The maximum absolute atomic E-state index is 11.2. The SMILES string of the molecule is COC(=O)C(C)Oc1cccc(Cl)c1C(N)=S. The van der Waals surface area contributed by atoms with Crippen molar-refractivity contribution in [3.05, 3.63) is 28.8 Å². The lowest BCUT2D eigenvalue weighted by molar-refractivity contribution is -0.147. The molecule has 1 rings (SSSR count). The first-order valence-corrected chi connectivity index (χ1v) is 5.58. The van der Waals surface area contributed by atoms with E-state index in [4.69, 9.17) is 34.3 Å². The number of carbonyl (C=O) groups excluding carboxylic acids is 1. The van der Waals surface area contributed by atoms with E-state index in [0.717, 1.165) is 0 Å². The molecule has 0 radical (unpaired) electrons. The van der Waals surface area contributed by atoms with Gasteiger partial charge in [0.25, 0.3) is 0 Å². The summed E-state index contributed by atoms with van der Waals surface area (Å²) in [4.78, 5) is 11.4. The molecule has 6 heteroatoms. The number of ether oxygens (including phenoxy) is 2. The van der Waals surface area contributed by atoms with E-state index in [1.54, 1.807) is 25.1 Å². The zero-order valence-electron chi connectivity index (χ0n) is 9.40. The molecular formula is C11H12ClNO3S. The van der Waals surface area contributed by atoms with E-state index < -0.39 is 12.1 Å². The Bertz CT molecular complexity index is 450. The number of rotatable bonds is 4. The van der Waals surface area contributed by atoms with Crippen LogP contribution in [0.3, 0.4) is 0 Å². The highest BCUT2D eigenvalue weighted by Gasteiger charge is 2.18. The van der Waals surface area contributed by atoms with Crippen LogP contribution in [-0.4, -0.2) is 24.2 Å². The highest BCUT2D eigenvalue weighted by molar-refractivity contribution is 7.80. The molecule has 1 atom stereocenters. The second kappa shape index (κ2) is 5.84. The molecular weight excluding hydrogens is 262 g/mol. The Morgan fingerprint density at radius 1 is 1.53 bits per heavy atom. The number of methoxy groups -OCH3 is 1. The van der Waals surface area contributed by atoms with E-state index in [1.807, 2.05) is 0 Å². The molecule has 1 unspecified atom stereocenters. The predicted octanol–water partition coefficient (Wildman–Crippen LogP) is 1.91. The van der Waals surface area contributed by atoms with Crippen LogP contribution in [0.1, 0.15) is 12.5 Å². The average Bonchev–Trinajstić information content (AvgIpc) is 2.27. The Labute approximate surface area is 110 Å². The van der Waals surface area contributed by atoms with Gasteiger partial charge in [0.2, 0.25) is 0 Å². The number of esters is 1. The first-order valence-electron chi connectivity index (χ1n) is 4.80. The number of benzene rings is 1. The Kier molecular flexibility index (Phi) is 4.72. The largest absolute Gasteiger partial charge is 0.478 e. The predicted molar refractivity (Wildman–Crippen MR) is 69.4 cm³/mol. The van der Waals surface area contributed by atoms with Crippen molar-refractivity contribution in [3.63, 3.8) is 0 Å². The fraction of sp³-hybridized carbons (Fsp3) is 0.273. The minimum Gasteiger partial charge on any atom is -0.478 e. The lowest BCUT2D eigenvalue weighted by atomic mass is 10.2. The van der Waals surface area contributed by atoms with Crippen LogP contribution < -0.4 is 10.5 Å². The third kappa shape index (κ3) is 3.31. The van der Waals surface area contributed by atoms with Crippen molar-refractivity contribution in [3.8, 4) is 5.75 Å². The van der Waals surface area contributed by atoms with E-state index in [2.05, 4.69) is 4.74 Å². The lowest BCUT2D eigenvalue weighted by Crippen LogP contribution is -2.26. The zero-order valence-corrected chi connectivity index (χ0v) is 11.0. The van der Waals surface area contributed by atoms with Crippen molar-refractivity contribution < 1.29 is 14.3 Å². The summed E-state index contributed by atoms with van der Waals surface area (Å²) in [6.07, 6.45) is -0.758. The molecule has 1 aromatic carbocycles. The normalized spacial score (nSPS) is 11.7. The molecule has 0 saturated carbocycles. The second-order valence-electron chi connectivity index (χ2n) is 3.26. The quantitative estimate of drug-likeness (QED) is 0.671. The summed E-state index contributed by atoms with van der Waals surface area (Å²) in [5.74, 6) is -0.123. The maximum atomic E-state index is 11.2. The summed E-state index contributed by atoms with van der Waals surface area (Å²) < 4.78 is 9.97. The van der Waals surface area contributed by atoms with Crippen LogP contribution in [-0.2, 0) is 9.53 Å². The number of halogens is 1. The molecule has 4 nitrogen and oxygen atoms in total. The van der Waals surface area contributed by atoms with Crippen LogP contribution in [0.15, 0.2) is 18.2 Å². The number of hydrogen-bond acceptors (Lipinski definition) is 4. The molecule has 0 aliphatic rings. The van der Waals surface area contributed by atoms with Crippen LogP contribution in [0.25, 0.3) is 0 Å². The average molecular weight is 274 g/mol. The van der Waals surface area contributed by atoms with Crippen LogP contribution >= 0.6 is 23.8 Å². The molecule has 2 N–H and O–H groups in total. The van der Waals surface area contributed by atoms with Gasteiger partial charge in [0, 0.05) is 0 Å². The van der Waals surface area contributed by atoms with Crippen molar-refractivity contribution >= 4 is 34.8 Å². The molecule has 17 heavy (non-hydrogen) atoms. The second-order valence-corrected chi connectivity index (χ2v) is 4.11. The molecule has 1 aromatic rings. The van der Waals surface area contributed by atoms with Crippen molar-refractivity contribution in [1.82, 2.24) is 0 Å². The van der Waals surface area contributed by atoms with Gasteiger partial charge in [-0.1, -0.05) is 29.9 Å². The summed E-state index contributed by atoms with van der Waals surface area (Å²) in [5.41, 5.74) is 5.97. The maximum Gasteiger partial charge on any atom is 0.346 e. The zero-order chi connectivity index (χ0) is 13.0.